The molecule has 1 unspecified atom stereocenters. The number of benzene rings is 1. The summed E-state index contributed by atoms with van der Waals surface area (Å²) in [4.78, 5) is 11.5. The number of para-hydroxylation sites is 1. The summed E-state index contributed by atoms with van der Waals surface area (Å²) < 4.78 is 10.3. The van der Waals surface area contributed by atoms with E-state index in [1.807, 2.05) is 13.0 Å². The van der Waals surface area contributed by atoms with Crippen LogP contribution in [0.1, 0.15) is 18.7 Å². The second-order valence-corrected chi connectivity index (χ2v) is 3.58. The van der Waals surface area contributed by atoms with Gasteiger partial charge in [0.2, 0.25) is 0 Å². The maximum absolute atomic E-state index is 11.5. The Morgan fingerprint density at radius 1 is 1.24 bits per heavy atom. The van der Waals surface area contributed by atoms with Crippen LogP contribution in [0.5, 0.6) is 5.75 Å². The second-order valence-electron chi connectivity index (χ2n) is 3.58. The fraction of sp³-hybridized carbons (Fsp3) is 0.154. The van der Waals surface area contributed by atoms with Gasteiger partial charge in [-0.05, 0) is 31.2 Å². The Morgan fingerprint density at radius 3 is 2.65 bits per heavy atom. The van der Waals surface area contributed by atoms with Crippen LogP contribution in [0.15, 0.2) is 53.1 Å². The van der Waals surface area contributed by atoms with Gasteiger partial charge in [-0.3, -0.25) is 0 Å². The number of ether oxygens (including phenoxy) is 1. The first kappa shape index (κ1) is 11.3. The van der Waals surface area contributed by atoms with E-state index in [2.05, 4.69) is 5.32 Å². The molecule has 0 saturated heterocycles. The van der Waals surface area contributed by atoms with Crippen LogP contribution in [0.4, 0.5) is 4.79 Å². The molecular weight excluding hydrogens is 218 g/mol. The zero-order valence-electron chi connectivity index (χ0n) is 9.42. The van der Waals surface area contributed by atoms with Crippen LogP contribution >= 0.6 is 0 Å². The zero-order valence-corrected chi connectivity index (χ0v) is 9.42. The van der Waals surface area contributed by atoms with E-state index in [1.165, 1.54) is 0 Å². The van der Waals surface area contributed by atoms with Gasteiger partial charge >= 0.3 is 6.09 Å². The number of carbonyl (C=O) groups excluding carboxylic acids is 1. The lowest BCUT2D eigenvalue weighted by Gasteiger charge is -2.11. The van der Waals surface area contributed by atoms with Gasteiger partial charge in [0, 0.05) is 0 Å². The van der Waals surface area contributed by atoms with E-state index in [9.17, 15) is 4.79 Å². The van der Waals surface area contributed by atoms with E-state index in [4.69, 9.17) is 9.15 Å². The SMILES string of the molecule is CC(NC(=O)Oc1ccccc1)c1ccco1. The second kappa shape index (κ2) is 5.21. The molecule has 4 heteroatoms. The molecule has 1 heterocycles. The van der Waals surface area contributed by atoms with Crippen molar-refractivity contribution in [2.45, 2.75) is 13.0 Å². The summed E-state index contributed by atoms with van der Waals surface area (Å²) in [5, 5.41) is 2.68. The molecule has 17 heavy (non-hydrogen) atoms. The van der Waals surface area contributed by atoms with Crippen LogP contribution in [0.2, 0.25) is 0 Å². The summed E-state index contributed by atoms with van der Waals surface area (Å²) in [7, 11) is 0. The van der Waals surface area contributed by atoms with Gasteiger partial charge in [0.15, 0.2) is 0 Å². The minimum Gasteiger partial charge on any atom is -0.467 e. The molecule has 1 aromatic carbocycles. The van der Waals surface area contributed by atoms with Gasteiger partial charge in [-0.2, -0.15) is 0 Å². The van der Waals surface area contributed by atoms with E-state index in [0.717, 1.165) is 0 Å². The Balaban J connectivity index is 1.90. The number of nitrogens with one attached hydrogen (secondary N) is 1. The molecule has 1 N–H and O–H groups in total. The van der Waals surface area contributed by atoms with Crippen molar-refractivity contribution in [3.63, 3.8) is 0 Å². The molecule has 0 aliphatic heterocycles. The summed E-state index contributed by atoms with van der Waals surface area (Å²) in [5.41, 5.74) is 0. The summed E-state index contributed by atoms with van der Waals surface area (Å²) in [6.45, 7) is 1.82. The summed E-state index contributed by atoms with van der Waals surface area (Å²) >= 11 is 0. The predicted molar refractivity (Wildman–Crippen MR) is 62.7 cm³/mol. The van der Waals surface area contributed by atoms with E-state index in [1.54, 1.807) is 42.7 Å². The third-order valence-electron chi connectivity index (χ3n) is 2.26. The van der Waals surface area contributed by atoms with E-state index in [-0.39, 0.29) is 6.04 Å². The van der Waals surface area contributed by atoms with Crippen molar-refractivity contribution in [3.8, 4) is 5.75 Å². The van der Waals surface area contributed by atoms with Gasteiger partial charge in [-0.15, -0.1) is 0 Å². The Morgan fingerprint density at radius 2 is 2.00 bits per heavy atom. The highest BCUT2D eigenvalue weighted by Crippen LogP contribution is 2.13. The van der Waals surface area contributed by atoms with Crippen molar-refractivity contribution >= 4 is 6.09 Å². The Bertz CT molecular complexity index is 465. The molecule has 0 aliphatic carbocycles. The van der Waals surface area contributed by atoms with Crippen molar-refractivity contribution in [2.75, 3.05) is 0 Å². The highest BCUT2D eigenvalue weighted by atomic mass is 16.6. The molecule has 2 aromatic rings. The number of carbonyl (C=O) groups is 1. The Kier molecular flexibility index (Phi) is 3.45. The molecule has 0 aliphatic rings. The molecule has 0 spiro atoms. The molecule has 4 nitrogen and oxygen atoms in total. The quantitative estimate of drug-likeness (QED) is 0.882. The van der Waals surface area contributed by atoms with Crippen LogP contribution in [-0.2, 0) is 0 Å². The molecule has 0 saturated carbocycles. The van der Waals surface area contributed by atoms with E-state index >= 15 is 0 Å². The monoisotopic (exact) mass is 231 g/mol. The molecule has 0 fully saturated rings. The minimum absolute atomic E-state index is 0.221. The van der Waals surface area contributed by atoms with Crippen molar-refractivity contribution in [1.29, 1.82) is 0 Å². The van der Waals surface area contributed by atoms with E-state index < -0.39 is 6.09 Å². The number of rotatable bonds is 3. The third-order valence-corrected chi connectivity index (χ3v) is 2.26. The normalized spacial score (nSPS) is 11.8. The lowest BCUT2D eigenvalue weighted by Crippen LogP contribution is -2.29. The fourth-order valence-corrected chi connectivity index (χ4v) is 1.41. The standard InChI is InChI=1S/C13H13NO3/c1-10(12-8-5-9-16-12)14-13(15)17-11-6-3-2-4-7-11/h2-10H,1H3,(H,14,15). The van der Waals surface area contributed by atoms with Gasteiger partial charge < -0.3 is 14.5 Å². The first-order valence-corrected chi connectivity index (χ1v) is 5.32. The van der Waals surface area contributed by atoms with Crippen LogP contribution < -0.4 is 10.1 Å². The van der Waals surface area contributed by atoms with Crippen molar-refractivity contribution < 1.29 is 13.9 Å². The lowest BCUT2D eigenvalue weighted by molar-refractivity contribution is 0.195. The molecule has 1 amide bonds. The van der Waals surface area contributed by atoms with Crippen molar-refractivity contribution in [1.82, 2.24) is 5.32 Å². The largest absolute Gasteiger partial charge is 0.467 e. The zero-order chi connectivity index (χ0) is 12.1. The van der Waals surface area contributed by atoms with Gasteiger partial charge in [0.25, 0.3) is 0 Å². The number of hydrogen-bond donors (Lipinski definition) is 1. The number of furan rings is 1. The minimum atomic E-state index is -0.500. The maximum Gasteiger partial charge on any atom is 0.413 e. The van der Waals surface area contributed by atoms with Crippen LogP contribution in [0.25, 0.3) is 0 Å². The lowest BCUT2D eigenvalue weighted by atomic mass is 10.3. The molecule has 2 rings (SSSR count). The van der Waals surface area contributed by atoms with Gasteiger partial charge in [-0.1, -0.05) is 18.2 Å². The number of hydrogen-bond acceptors (Lipinski definition) is 3. The van der Waals surface area contributed by atoms with E-state index in [0.29, 0.717) is 11.5 Å². The molecule has 88 valence electrons. The topological polar surface area (TPSA) is 51.5 Å². The first-order chi connectivity index (χ1) is 8.25. The summed E-state index contributed by atoms with van der Waals surface area (Å²) in [6, 6.07) is 12.3. The Hall–Kier alpha value is -2.23. The average molecular weight is 231 g/mol. The fourth-order valence-electron chi connectivity index (χ4n) is 1.41. The molecular formula is C13H13NO3. The highest BCUT2D eigenvalue weighted by molar-refractivity contribution is 5.70. The number of amides is 1. The maximum atomic E-state index is 11.5. The van der Waals surface area contributed by atoms with Crippen molar-refractivity contribution in [2.24, 2.45) is 0 Å². The predicted octanol–water partition coefficient (Wildman–Crippen LogP) is 3.13. The third kappa shape index (κ3) is 3.11. The summed E-state index contributed by atoms with van der Waals surface area (Å²) in [6.07, 6.45) is 1.07. The first-order valence-electron chi connectivity index (χ1n) is 5.32. The summed E-state index contributed by atoms with van der Waals surface area (Å²) in [5.74, 6) is 1.20. The van der Waals surface area contributed by atoms with Gasteiger partial charge in [0.05, 0.1) is 12.3 Å². The molecule has 0 bridgehead atoms. The van der Waals surface area contributed by atoms with Crippen LogP contribution in [-0.4, -0.2) is 6.09 Å². The molecule has 1 atom stereocenters. The van der Waals surface area contributed by atoms with Crippen molar-refractivity contribution in [3.05, 3.63) is 54.5 Å². The Labute approximate surface area is 99.2 Å². The van der Waals surface area contributed by atoms with Gasteiger partial charge in [0.1, 0.15) is 11.5 Å². The highest BCUT2D eigenvalue weighted by Gasteiger charge is 2.12. The molecule has 0 radical (unpaired) electrons. The average Bonchev–Trinajstić information content (AvgIpc) is 2.83. The van der Waals surface area contributed by atoms with Crippen LogP contribution in [0, 0.1) is 0 Å². The smallest absolute Gasteiger partial charge is 0.413 e. The molecule has 1 aromatic heterocycles. The van der Waals surface area contributed by atoms with Gasteiger partial charge in [-0.25, -0.2) is 4.79 Å². The van der Waals surface area contributed by atoms with Crippen LogP contribution in [0.3, 0.4) is 0 Å².